The minimum Gasteiger partial charge on any atom is -0.370 e. The first-order valence-corrected chi connectivity index (χ1v) is 8.46. The Balaban J connectivity index is 2.04. The number of fused-ring (bicyclic) bond motifs is 1. The van der Waals surface area contributed by atoms with E-state index in [1.54, 1.807) is 0 Å². The smallest absolute Gasteiger partial charge is 0.259 e. The number of carbonyl (C=O) groups is 1. The number of pyridine rings is 1. The van der Waals surface area contributed by atoms with Crippen LogP contribution in [-0.4, -0.2) is 16.9 Å². The van der Waals surface area contributed by atoms with Crippen LogP contribution in [0.25, 0.3) is 11.6 Å². The molecule has 2 aromatic rings. The van der Waals surface area contributed by atoms with Gasteiger partial charge in [-0.05, 0) is 61.4 Å². The van der Waals surface area contributed by atoms with Crippen LogP contribution in [0, 0.1) is 12.3 Å². The highest BCUT2D eigenvalue weighted by molar-refractivity contribution is 6.05. The van der Waals surface area contributed by atoms with E-state index in [4.69, 9.17) is 16.1 Å². The zero-order valence-corrected chi connectivity index (χ0v) is 14.3. The van der Waals surface area contributed by atoms with Crippen LogP contribution >= 0.6 is 0 Å². The monoisotopic (exact) mass is 334 g/mol. The number of hydrogen-bond donors (Lipinski definition) is 3. The fourth-order valence-electron chi connectivity index (χ4n) is 3.18. The normalized spacial score (nSPS) is 15.3. The van der Waals surface area contributed by atoms with Gasteiger partial charge in [-0.25, -0.2) is 0 Å². The number of aryl methyl sites for hydroxylation is 2. The van der Waals surface area contributed by atoms with Gasteiger partial charge in [0.15, 0.2) is 5.96 Å². The van der Waals surface area contributed by atoms with E-state index in [2.05, 4.69) is 23.5 Å². The minimum atomic E-state index is -0.377. The molecule has 128 valence electrons. The van der Waals surface area contributed by atoms with Gasteiger partial charge in [0.1, 0.15) is 0 Å². The lowest BCUT2D eigenvalue weighted by Gasteiger charge is -2.13. The quantitative estimate of drug-likeness (QED) is 0.447. The molecule has 0 aliphatic heterocycles. The molecule has 1 aliphatic carbocycles. The topological polar surface area (TPSA) is 91.9 Å². The lowest BCUT2D eigenvalue weighted by atomic mass is 9.99. The van der Waals surface area contributed by atoms with Crippen molar-refractivity contribution in [3.05, 3.63) is 64.5 Å². The number of nitrogens with zero attached hydrogens (tertiary/aromatic N) is 1. The number of benzene rings is 1. The van der Waals surface area contributed by atoms with Crippen LogP contribution in [0.4, 0.5) is 0 Å². The van der Waals surface area contributed by atoms with E-state index in [-0.39, 0.29) is 11.9 Å². The van der Waals surface area contributed by atoms with Gasteiger partial charge in [-0.3, -0.25) is 20.5 Å². The molecule has 0 saturated carbocycles. The van der Waals surface area contributed by atoms with Crippen molar-refractivity contribution in [2.75, 3.05) is 0 Å². The van der Waals surface area contributed by atoms with Crippen LogP contribution in [0.1, 0.15) is 52.1 Å². The predicted octanol–water partition coefficient (Wildman–Crippen LogP) is 3.28. The summed E-state index contributed by atoms with van der Waals surface area (Å²) >= 11 is 0. The Hall–Kier alpha value is -2.95. The lowest BCUT2D eigenvalue weighted by molar-refractivity contribution is 0.0975. The molecule has 1 heterocycles. The van der Waals surface area contributed by atoms with E-state index in [0.717, 1.165) is 42.5 Å². The Morgan fingerprint density at radius 2 is 1.96 bits per heavy atom. The van der Waals surface area contributed by atoms with E-state index in [0.29, 0.717) is 11.3 Å². The Morgan fingerprint density at radius 3 is 2.68 bits per heavy atom. The maximum absolute atomic E-state index is 12.2. The van der Waals surface area contributed by atoms with Crippen LogP contribution in [0.5, 0.6) is 0 Å². The van der Waals surface area contributed by atoms with E-state index in [9.17, 15) is 4.79 Å². The number of rotatable bonds is 2. The Morgan fingerprint density at radius 1 is 1.24 bits per heavy atom. The molecule has 0 radical (unpaired) electrons. The summed E-state index contributed by atoms with van der Waals surface area (Å²) in [6.07, 6.45) is 6.23. The standard InChI is InChI=1S/C20H22N4O/c1-13-17(19(25)24-20(21)22)12-16-10-6-5-9-15(18(16)23-13)11-14-7-3-2-4-8-14/h2-4,7-8,11-12H,5-6,9-10H2,1H3,(H4,21,22,24,25)/b15-11+. The number of allylic oxidation sites excluding steroid dienone is 1. The molecule has 0 bridgehead atoms. The number of guanidine groups is 1. The molecular weight excluding hydrogens is 312 g/mol. The summed E-state index contributed by atoms with van der Waals surface area (Å²) in [5.74, 6) is -0.734. The second kappa shape index (κ2) is 7.30. The highest BCUT2D eigenvalue weighted by Gasteiger charge is 2.19. The number of carbonyl (C=O) groups excluding carboxylic acids is 1. The Kier molecular flexibility index (Phi) is 4.93. The Bertz CT molecular complexity index is 840. The van der Waals surface area contributed by atoms with Gasteiger partial charge in [-0.1, -0.05) is 30.3 Å². The van der Waals surface area contributed by atoms with Crippen molar-refractivity contribution in [2.45, 2.75) is 32.6 Å². The summed E-state index contributed by atoms with van der Waals surface area (Å²) in [7, 11) is 0. The first-order valence-electron chi connectivity index (χ1n) is 8.46. The Labute approximate surface area is 147 Å². The van der Waals surface area contributed by atoms with Crippen LogP contribution in [-0.2, 0) is 6.42 Å². The average Bonchev–Trinajstić information content (AvgIpc) is 2.77. The van der Waals surface area contributed by atoms with E-state index >= 15 is 0 Å². The molecule has 0 spiro atoms. The minimum absolute atomic E-state index is 0.357. The van der Waals surface area contributed by atoms with Crippen LogP contribution < -0.4 is 11.1 Å². The molecule has 5 heteroatoms. The first-order chi connectivity index (χ1) is 12.0. The van der Waals surface area contributed by atoms with Crippen LogP contribution in [0.2, 0.25) is 0 Å². The van der Waals surface area contributed by atoms with Crippen molar-refractivity contribution >= 4 is 23.5 Å². The molecule has 25 heavy (non-hydrogen) atoms. The number of amides is 1. The van der Waals surface area contributed by atoms with Crippen molar-refractivity contribution in [3.63, 3.8) is 0 Å². The zero-order valence-electron chi connectivity index (χ0n) is 14.3. The highest BCUT2D eigenvalue weighted by atomic mass is 16.1. The number of nitrogens with two attached hydrogens (primary N) is 1. The summed E-state index contributed by atoms with van der Waals surface area (Å²) in [4.78, 5) is 17.0. The third-order valence-corrected chi connectivity index (χ3v) is 4.37. The maximum Gasteiger partial charge on any atom is 0.259 e. The number of hydrogen-bond acceptors (Lipinski definition) is 3. The summed E-state index contributed by atoms with van der Waals surface area (Å²) < 4.78 is 0. The second-order valence-corrected chi connectivity index (χ2v) is 6.28. The zero-order chi connectivity index (χ0) is 17.8. The van der Waals surface area contributed by atoms with Gasteiger partial charge in [-0.2, -0.15) is 0 Å². The van der Waals surface area contributed by atoms with E-state index in [1.807, 2.05) is 31.2 Å². The molecular formula is C20H22N4O. The third-order valence-electron chi connectivity index (χ3n) is 4.37. The molecule has 4 N–H and O–H groups in total. The summed E-state index contributed by atoms with van der Waals surface area (Å²) in [5, 5.41) is 9.58. The second-order valence-electron chi connectivity index (χ2n) is 6.28. The fourth-order valence-corrected chi connectivity index (χ4v) is 3.18. The summed E-state index contributed by atoms with van der Waals surface area (Å²) in [6, 6.07) is 12.1. The fraction of sp³-hybridized carbons (Fsp3) is 0.250. The number of aromatic nitrogens is 1. The van der Waals surface area contributed by atoms with Gasteiger partial charge in [0.05, 0.1) is 17.0 Å². The molecule has 0 atom stereocenters. The number of nitrogens with one attached hydrogen (secondary N) is 2. The lowest BCUT2D eigenvalue weighted by Crippen LogP contribution is -2.36. The molecule has 1 amide bonds. The SMILES string of the molecule is Cc1nc2c(cc1C(=O)NC(=N)N)CCCC/C2=C\c1ccccc1. The van der Waals surface area contributed by atoms with Gasteiger partial charge in [0.25, 0.3) is 5.91 Å². The van der Waals surface area contributed by atoms with Crippen molar-refractivity contribution in [2.24, 2.45) is 5.73 Å². The summed E-state index contributed by atoms with van der Waals surface area (Å²) in [5.41, 5.74) is 10.8. The summed E-state index contributed by atoms with van der Waals surface area (Å²) in [6.45, 7) is 1.82. The predicted molar refractivity (Wildman–Crippen MR) is 100 cm³/mol. The molecule has 3 rings (SSSR count). The van der Waals surface area contributed by atoms with Gasteiger partial charge in [0, 0.05) is 0 Å². The third kappa shape index (κ3) is 3.94. The average molecular weight is 334 g/mol. The van der Waals surface area contributed by atoms with Gasteiger partial charge in [-0.15, -0.1) is 0 Å². The largest absolute Gasteiger partial charge is 0.370 e. The molecule has 1 aromatic carbocycles. The van der Waals surface area contributed by atoms with Gasteiger partial charge < -0.3 is 5.73 Å². The molecule has 0 saturated heterocycles. The molecule has 5 nitrogen and oxygen atoms in total. The highest BCUT2D eigenvalue weighted by Crippen LogP contribution is 2.31. The van der Waals surface area contributed by atoms with Crippen LogP contribution in [0.15, 0.2) is 36.4 Å². The van der Waals surface area contributed by atoms with Crippen molar-refractivity contribution in [3.8, 4) is 0 Å². The van der Waals surface area contributed by atoms with Gasteiger partial charge >= 0.3 is 0 Å². The van der Waals surface area contributed by atoms with Crippen molar-refractivity contribution in [1.29, 1.82) is 5.41 Å². The van der Waals surface area contributed by atoms with Crippen LogP contribution in [0.3, 0.4) is 0 Å². The van der Waals surface area contributed by atoms with E-state index < -0.39 is 0 Å². The van der Waals surface area contributed by atoms with E-state index in [1.165, 1.54) is 5.57 Å². The molecule has 1 aromatic heterocycles. The first kappa shape index (κ1) is 16.9. The molecule has 0 fully saturated rings. The maximum atomic E-state index is 12.2. The molecule has 0 unspecified atom stereocenters. The molecule has 1 aliphatic rings. The van der Waals surface area contributed by atoms with Crippen molar-refractivity contribution in [1.82, 2.24) is 10.3 Å². The van der Waals surface area contributed by atoms with Crippen molar-refractivity contribution < 1.29 is 4.79 Å². The van der Waals surface area contributed by atoms with Gasteiger partial charge in [0.2, 0.25) is 0 Å².